The average Bonchev–Trinajstić information content (AvgIpc) is 2.47. The summed E-state index contributed by atoms with van der Waals surface area (Å²) in [4.78, 5) is 33.8. The van der Waals surface area contributed by atoms with E-state index < -0.39 is 17.9 Å². The lowest BCUT2D eigenvalue weighted by atomic mass is 10.1. The molecule has 0 heterocycles. The summed E-state index contributed by atoms with van der Waals surface area (Å²) in [6.45, 7) is 1.72. The number of carbonyl (C=O) groups excluding carboxylic acids is 2. The first kappa shape index (κ1) is 16.2. The normalized spacial score (nSPS) is 10.7. The molecule has 0 aliphatic carbocycles. The first-order chi connectivity index (χ1) is 9.88. The number of esters is 2. The number of ether oxygens (including phenoxy) is 2. The van der Waals surface area contributed by atoms with E-state index >= 15 is 0 Å². The minimum absolute atomic E-state index is 0.0467. The van der Waals surface area contributed by atoms with Crippen LogP contribution in [-0.4, -0.2) is 37.2 Å². The number of anilines is 1. The van der Waals surface area contributed by atoms with E-state index in [9.17, 15) is 14.4 Å². The van der Waals surface area contributed by atoms with Crippen molar-refractivity contribution >= 4 is 23.6 Å². The summed E-state index contributed by atoms with van der Waals surface area (Å²) in [5.74, 6) is -2.62. The van der Waals surface area contributed by atoms with Gasteiger partial charge in [0.15, 0.2) is 0 Å². The molecule has 1 rings (SSSR count). The van der Waals surface area contributed by atoms with Gasteiger partial charge in [0.2, 0.25) is 0 Å². The summed E-state index contributed by atoms with van der Waals surface area (Å²) in [6, 6.07) is 4.37. The first-order valence-corrected chi connectivity index (χ1v) is 5.88. The van der Waals surface area contributed by atoms with Gasteiger partial charge < -0.3 is 19.9 Å². The van der Waals surface area contributed by atoms with Crippen LogP contribution in [0.2, 0.25) is 0 Å². The Bertz CT molecular complexity index is 605. The first-order valence-electron chi connectivity index (χ1n) is 5.88. The number of nitrogens with one attached hydrogen (secondary N) is 1. The largest absolute Gasteiger partial charge is 0.478 e. The second kappa shape index (κ2) is 7.09. The quantitative estimate of drug-likeness (QED) is 0.623. The Morgan fingerprint density at radius 3 is 2.38 bits per heavy atom. The maximum atomic E-state index is 11.6. The molecule has 0 aliphatic heterocycles. The molecule has 7 nitrogen and oxygen atoms in total. The van der Waals surface area contributed by atoms with E-state index in [1.54, 1.807) is 13.0 Å². The van der Waals surface area contributed by atoms with E-state index in [2.05, 4.69) is 14.8 Å². The summed E-state index contributed by atoms with van der Waals surface area (Å²) in [7, 11) is 2.33. The minimum atomic E-state index is -1.10. The third-order valence-electron chi connectivity index (χ3n) is 2.62. The fourth-order valence-electron chi connectivity index (χ4n) is 1.47. The minimum Gasteiger partial charge on any atom is -0.478 e. The van der Waals surface area contributed by atoms with E-state index in [1.165, 1.54) is 19.2 Å². The summed E-state index contributed by atoms with van der Waals surface area (Å²) < 4.78 is 9.00. The Balaban J connectivity index is 3.17. The number of carboxylic acids is 1. The smallest absolute Gasteiger partial charge is 0.354 e. The van der Waals surface area contributed by atoms with Crippen LogP contribution in [0.5, 0.6) is 0 Å². The van der Waals surface area contributed by atoms with Crippen LogP contribution in [0.25, 0.3) is 0 Å². The standard InChI is InChI=1S/C14H15NO6/c1-8-4-5-9(13(17)18)6-10(8)15-11(14(19)21-3)7-12(16)20-2/h4-7,15H,1-3H3,(H,17,18)/b11-7+. The van der Waals surface area contributed by atoms with Crippen molar-refractivity contribution in [3.8, 4) is 0 Å². The maximum absolute atomic E-state index is 11.6. The molecule has 7 heteroatoms. The van der Waals surface area contributed by atoms with Crippen LogP contribution in [-0.2, 0) is 19.1 Å². The van der Waals surface area contributed by atoms with Gasteiger partial charge in [0.25, 0.3) is 0 Å². The molecule has 0 bridgehead atoms. The second-order valence-electron chi connectivity index (χ2n) is 4.03. The number of carbonyl (C=O) groups is 3. The molecule has 0 spiro atoms. The molecule has 0 fully saturated rings. The molecule has 21 heavy (non-hydrogen) atoms. The van der Waals surface area contributed by atoms with E-state index in [0.29, 0.717) is 11.3 Å². The van der Waals surface area contributed by atoms with E-state index in [1.807, 2.05) is 0 Å². The third-order valence-corrected chi connectivity index (χ3v) is 2.62. The number of aryl methyl sites for hydroxylation is 1. The van der Waals surface area contributed by atoms with Crippen LogP contribution in [0.3, 0.4) is 0 Å². The molecular formula is C14H15NO6. The lowest BCUT2D eigenvalue weighted by Gasteiger charge is -2.12. The topological polar surface area (TPSA) is 102 Å². The van der Waals surface area contributed by atoms with Crippen molar-refractivity contribution in [3.05, 3.63) is 41.1 Å². The van der Waals surface area contributed by atoms with E-state index in [-0.39, 0.29) is 11.3 Å². The predicted octanol–water partition coefficient (Wildman–Crippen LogP) is 1.34. The molecule has 0 aliphatic rings. The van der Waals surface area contributed by atoms with Crippen molar-refractivity contribution in [1.82, 2.24) is 0 Å². The third kappa shape index (κ3) is 4.34. The average molecular weight is 293 g/mol. The van der Waals surface area contributed by atoms with Gasteiger partial charge in [-0.2, -0.15) is 0 Å². The molecule has 0 unspecified atom stereocenters. The molecule has 0 saturated carbocycles. The van der Waals surface area contributed by atoms with Gasteiger partial charge in [-0.15, -0.1) is 0 Å². The Labute approximate surface area is 121 Å². The van der Waals surface area contributed by atoms with Crippen molar-refractivity contribution in [2.24, 2.45) is 0 Å². The SMILES string of the molecule is COC(=O)/C=C(/Nc1cc(C(=O)O)ccc1C)C(=O)OC. The molecule has 0 radical (unpaired) electrons. The lowest BCUT2D eigenvalue weighted by molar-refractivity contribution is -0.138. The lowest BCUT2D eigenvalue weighted by Crippen LogP contribution is -2.16. The Morgan fingerprint density at radius 2 is 1.86 bits per heavy atom. The van der Waals surface area contributed by atoms with Crippen molar-refractivity contribution in [3.63, 3.8) is 0 Å². The van der Waals surface area contributed by atoms with Gasteiger partial charge in [-0.3, -0.25) is 0 Å². The zero-order valence-corrected chi connectivity index (χ0v) is 11.8. The van der Waals surface area contributed by atoms with Gasteiger partial charge in [0, 0.05) is 5.69 Å². The van der Waals surface area contributed by atoms with Gasteiger partial charge >= 0.3 is 17.9 Å². The fraction of sp³-hybridized carbons (Fsp3) is 0.214. The van der Waals surface area contributed by atoms with Gasteiger partial charge in [-0.1, -0.05) is 6.07 Å². The Kier molecular flexibility index (Phi) is 5.48. The van der Waals surface area contributed by atoms with Crippen LogP contribution in [0, 0.1) is 6.92 Å². The maximum Gasteiger partial charge on any atom is 0.354 e. The Hall–Kier alpha value is -2.83. The highest BCUT2D eigenvalue weighted by atomic mass is 16.5. The van der Waals surface area contributed by atoms with Crippen molar-refractivity contribution < 1.29 is 29.0 Å². The van der Waals surface area contributed by atoms with Crippen LogP contribution in [0.4, 0.5) is 5.69 Å². The highest BCUT2D eigenvalue weighted by Crippen LogP contribution is 2.19. The number of aromatic carboxylic acids is 1. The summed E-state index contributed by atoms with van der Waals surface area (Å²) >= 11 is 0. The van der Waals surface area contributed by atoms with Crippen LogP contribution >= 0.6 is 0 Å². The molecular weight excluding hydrogens is 278 g/mol. The zero-order chi connectivity index (χ0) is 16.0. The van der Waals surface area contributed by atoms with Gasteiger partial charge in [-0.25, -0.2) is 14.4 Å². The number of hydrogen-bond donors (Lipinski definition) is 2. The van der Waals surface area contributed by atoms with Crippen molar-refractivity contribution in [2.75, 3.05) is 19.5 Å². The molecule has 2 N–H and O–H groups in total. The summed E-state index contributed by atoms with van der Waals surface area (Å²) in [6.07, 6.45) is 0.929. The molecule has 0 atom stereocenters. The summed E-state index contributed by atoms with van der Waals surface area (Å²) in [5, 5.41) is 11.6. The monoisotopic (exact) mass is 293 g/mol. The highest BCUT2D eigenvalue weighted by molar-refractivity contribution is 5.99. The number of hydrogen-bond acceptors (Lipinski definition) is 6. The van der Waals surface area contributed by atoms with Gasteiger partial charge in [-0.05, 0) is 24.6 Å². The van der Waals surface area contributed by atoms with Crippen LogP contribution in [0.15, 0.2) is 30.0 Å². The van der Waals surface area contributed by atoms with Crippen molar-refractivity contribution in [1.29, 1.82) is 0 Å². The van der Waals surface area contributed by atoms with Crippen LogP contribution < -0.4 is 5.32 Å². The van der Waals surface area contributed by atoms with Gasteiger partial charge in [0.05, 0.1) is 25.9 Å². The highest BCUT2D eigenvalue weighted by Gasteiger charge is 2.15. The van der Waals surface area contributed by atoms with E-state index in [4.69, 9.17) is 5.11 Å². The number of benzene rings is 1. The molecule has 1 aromatic rings. The zero-order valence-electron chi connectivity index (χ0n) is 11.8. The van der Waals surface area contributed by atoms with Crippen LogP contribution in [0.1, 0.15) is 15.9 Å². The molecule has 0 aromatic heterocycles. The molecule has 112 valence electrons. The molecule has 0 amide bonds. The van der Waals surface area contributed by atoms with E-state index in [0.717, 1.165) is 13.2 Å². The fourth-order valence-corrected chi connectivity index (χ4v) is 1.47. The number of carboxylic acid groups (broad SMARTS) is 1. The predicted molar refractivity (Wildman–Crippen MR) is 73.9 cm³/mol. The Morgan fingerprint density at radius 1 is 1.19 bits per heavy atom. The molecule has 0 saturated heterocycles. The van der Waals surface area contributed by atoms with Crippen molar-refractivity contribution in [2.45, 2.75) is 6.92 Å². The van der Waals surface area contributed by atoms with Gasteiger partial charge in [0.1, 0.15) is 5.70 Å². The number of rotatable bonds is 5. The summed E-state index contributed by atoms with van der Waals surface area (Å²) in [5.41, 5.74) is 0.954. The second-order valence-corrected chi connectivity index (χ2v) is 4.03. The molecule has 1 aromatic carbocycles. The number of methoxy groups -OCH3 is 2.